The van der Waals surface area contributed by atoms with Gasteiger partial charge in [-0.25, -0.2) is 9.37 Å². The number of likely N-dealkylation sites (N-methyl/N-ethyl adjacent to an activating group) is 1. The number of nitrogens with zero attached hydrogens (tertiary/aromatic N) is 4. The van der Waals surface area contributed by atoms with E-state index in [1.165, 1.54) is 29.5 Å². The Morgan fingerprint density at radius 3 is 2.71 bits per heavy atom. The highest BCUT2D eigenvalue weighted by Crippen LogP contribution is 2.21. The zero-order chi connectivity index (χ0) is 26.5. The molecule has 0 amide bonds. The lowest BCUT2D eigenvalue weighted by Crippen LogP contribution is -2.39. The second kappa shape index (κ2) is 11.3. The normalized spacial score (nSPS) is 15.5. The Labute approximate surface area is 220 Å². The summed E-state index contributed by atoms with van der Waals surface area (Å²) in [5.41, 5.74) is 2.32. The third kappa shape index (κ3) is 5.76. The molecule has 0 spiro atoms. The lowest BCUT2D eigenvalue weighted by atomic mass is 10.1. The molecule has 1 aliphatic heterocycles. The Morgan fingerprint density at radius 1 is 1.16 bits per heavy atom. The van der Waals surface area contributed by atoms with Crippen LogP contribution in [0.5, 0.6) is 5.75 Å². The number of aryl methyl sites for hydroxylation is 1. The van der Waals surface area contributed by atoms with E-state index in [4.69, 9.17) is 4.74 Å². The number of hydrogen-bond donors (Lipinski definition) is 2. The predicted molar refractivity (Wildman–Crippen MR) is 147 cm³/mol. The van der Waals surface area contributed by atoms with Gasteiger partial charge in [-0.3, -0.25) is 9.36 Å². The quantitative estimate of drug-likeness (QED) is 0.366. The third-order valence-electron chi connectivity index (χ3n) is 6.46. The van der Waals surface area contributed by atoms with Gasteiger partial charge in [0.15, 0.2) is 11.6 Å². The smallest absolute Gasteiger partial charge is 0.268 e. The number of piperidine rings is 1. The Hall–Kier alpha value is -4.42. The van der Waals surface area contributed by atoms with Crippen LogP contribution in [-0.4, -0.2) is 45.6 Å². The fourth-order valence-corrected chi connectivity index (χ4v) is 4.56. The molecular formula is C29H29FN6O2. The second-order valence-electron chi connectivity index (χ2n) is 9.29. The van der Waals surface area contributed by atoms with Crippen LogP contribution < -0.4 is 20.9 Å². The van der Waals surface area contributed by atoms with Gasteiger partial charge in [0.25, 0.3) is 5.56 Å². The minimum absolute atomic E-state index is 0.000982. The second-order valence-corrected chi connectivity index (χ2v) is 9.29. The van der Waals surface area contributed by atoms with Crippen molar-refractivity contribution in [3.8, 4) is 17.8 Å². The first-order chi connectivity index (χ1) is 18.5. The van der Waals surface area contributed by atoms with E-state index in [1.54, 1.807) is 24.4 Å². The predicted octanol–water partition coefficient (Wildman–Crippen LogP) is 4.59. The lowest BCUT2D eigenvalue weighted by molar-refractivity contribution is 0.261. The van der Waals surface area contributed by atoms with Crippen molar-refractivity contribution < 1.29 is 9.13 Å². The summed E-state index contributed by atoms with van der Waals surface area (Å²) in [7, 11) is 2.15. The zero-order valence-electron chi connectivity index (χ0n) is 21.4. The van der Waals surface area contributed by atoms with Crippen LogP contribution in [0.1, 0.15) is 25.3 Å². The van der Waals surface area contributed by atoms with Crippen LogP contribution >= 0.6 is 0 Å². The van der Waals surface area contributed by atoms with Gasteiger partial charge in [-0.1, -0.05) is 12.1 Å². The van der Waals surface area contributed by atoms with Gasteiger partial charge in [0.05, 0.1) is 5.56 Å². The number of halogens is 1. The van der Waals surface area contributed by atoms with E-state index in [9.17, 15) is 9.18 Å². The van der Waals surface area contributed by atoms with Crippen molar-refractivity contribution in [1.82, 2.24) is 19.4 Å². The van der Waals surface area contributed by atoms with Crippen LogP contribution in [0, 0.1) is 17.8 Å². The van der Waals surface area contributed by atoms with Gasteiger partial charge in [-0.15, -0.1) is 0 Å². The molecule has 0 aliphatic carbocycles. The Morgan fingerprint density at radius 2 is 1.95 bits per heavy atom. The average molecular weight is 513 g/mol. The minimum atomic E-state index is -0.525. The van der Waals surface area contributed by atoms with E-state index in [1.807, 2.05) is 31.2 Å². The van der Waals surface area contributed by atoms with Crippen molar-refractivity contribution in [3.05, 3.63) is 82.5 Å². The molecule has 3 heterocycles. The molecule has 8 nitrogen and oxygen atoms in total. The molecule has 1 aliphatic rings. The zero-order valence-corrected chi connectivity index (χ0v) is 21.4. The molecule has 1 unspecified atom stereocenters. The molecular weight excluding hydrogens is 483 g/mol. The summed E-state index contributed by atoms with van der Waals surface area (Å²) >= 11 is 0. The van der Waals surface area contributed by atoms with Crippen LogP contribution in [-0.2, 0) is 6.54 Å². The first-order valence-corrected chi connectivity index (χ1v) is 12.7. The third-order valence-corrected chi connectivity index (χ3v) is 6.46. The molecule has 1 saturated heterocycles. The number of para-hydroxylation sites is 1. The van der Waals surface area contributed by atoms with Crippen molar-refractivity contribution in [2.75, 3.05) is 30.8 Å². The fourth-order valence-electron chi connectivity index (χ4n) is 4.56. The number of pyridine rings is 1. The number of likely N-dealkylation sites (tertiary alicyclic amines) is 1. The fraction of sp³-hybridized carbons (Fsp3) is 0.276. The van der Waals surface area contributed by atoms with Gasteiger partial charge in [-0.2, -0.15) is 4.98 Å². The molecule has 2 aromatic heterocycles. The van der Waals surface area contributed by atoms with Crippen LogP contribution in [0.4, 0.5) is 21.7 Å². The van der Waals surface area contributed by atoms with E-state index < -0.39 is 5.82 Å². The summed E-state index contributed by atoms with van der Waals surface area (Å²) in [4.78, 5) is 24.4. The highest BCUT2D eigenvalue weighted by atomic mass is 19.1. The number of anilines is 3. The number of ether oxygens (including phenoxy) is 1. The molecule has 4 aromatic rings. The number of aromatic nitrogens is 3. The maximum atomic E-state index is 13.8. The number of rotatable bonds is 6. The summed E-state index contributed by atoms with van der Waals surface area (Å²) in [6.45, 7) is 4.44. The first-order valence-electron chi connectivity index (χ1n) is 12.7. The number of hydrogen-bond acceptors (Lipinski definition) is 7. The number of nitrogens with one attached hydrogen (secondary N) is 2. The number of fused-ring (bicyclic) bond motifs is 1. The number of benzene rings is 2. The average Bonchev–Trinajstić information content (AvgIpc) is 2.91. The minimum Gasteiger partial charge on any atom is -0.404 e. The van der Waals surface area contributed by atoms with E-state index in [0.29, 0.717) is 29.6 Å². The Kier molecular flexibility index (Phi) is 7.52. The Bertz CT molecular complexity index is 1560. The molecule has 0 bridgehead atoms. The van der Waals surface area contributed by atoms with Crippen LogP contribution in [0.2, 0.25) is 0 Å². The Balaban J connectivity index is 1.33. The van der Waals surface area contributed by atoms with Crippen LogP contribution in [0.15, 0.2) is 65.6 Å². The SMILES string of the molecule is CCn1c(=O)c(C#COc2ccccc2F)cc2cnc(Nc3ccc(NC4CCCN(C)C4)cc3)nc21. The molecule has 0 radical (unpaired) electrons. The monoisotopic (exact) mass is 512 g/mol. The molecule has 2 aromatic carbocycles. The molecule has 1 atom stereocenters. The topological polar surface area (TPSA) is 84.3 Å². The maximum absolute atomic E-state index is 13.8. The van der Waals surface area contributed by atoms with E-state index in [2.05, 4.69) is 44.6 Å². The first kappa shape index (κ1) is 25.2. The van der Waals surface area contributed by atoms with Crippen molar-refractivity contribution in [1.29, 1.82) is 0 Å². The van der Waals surface area contributed by atoms with Crippen LogP contribution in [0.25, 0.3) is 11.0 Å². The van der Waals surface area contributed by atoms with E-state index in [-0.39, 0.29) is 16.9 Å². The standard InChI is InChI=1S/C29H29FN6O2/c1-3-36-27-21(17-20(28(36)37)14-16-38-26-9-5-4-8-25(26)30)18-31-29(34-27)33-23-12-10-22(11-13-23)32-24-7-6-15-35(2)19-24/h4-5,8-13,17-18,24,32H,3,6-7,15,19H2,1-2H3,(H,31,33,34). The van der Waals surface area contributed by atoms with E-state index in [0.717, 1.165) is 24.5 Å². The maximum Gasteiger partial charge on any atom is 0.268 e. The lowest BCUT2D eigenvalue weighted by Gasteiger charge is -2.30. The van der Waals surface area contributed by atoms with Crippen molar-refractivity contribution in [3.63, 3.8) is 0 Å². The van der Waals surface area contributed by atoms with Crippen molar-refractivity contribution >= 4 is 28.4 Å². The summed E-state index contributed by atoms with van der Waals surface area (Å²) in [5.74, 6) is 2.56. The molecule has 1 fully saturated rings. The molecule has 5 rings (SSSR count). The molecule has 38 heavy (non-hydrogen) atoms. The largest absolute Gasteiger partial charge is 0.404 e. The summed E-state index contributed by atoms with van der Waals surface area (Å²) in [6, 6.07) is 16.0. The van der Waals surface area contributed by atoms with Gasteiger partial charge in [0.2, 0.25) is 5.95 Å². The van der Waals surface area contributed by atoms with Crippen LogP contribution in [0.3, 0.4) is 0 Å². The van der Waals surface area contributed by atoms with E-state index >= 15 is 0 Å². The van der Waals surface area contributed by atoms with Gasteiger partial charge in [-0.05, 0) is 81.7 Å². The summed E-state index contributed by atoms with van der Waals surface area (Å²) < 4.78 is 20.5. The molecule has 194 valence electrons. The van der Waals surface area contributed by atoms with Gasteiger partial charge >= 0.3 is 0 Å². The van der Waals surface area contributed by atoms with Crippen molar-refractivity contribution in [2.45, 2.75) is 32.4 Å². The molecule has 9 heteroatoms. The molecule has 0 saturated carbocycles. The van der Waals surface area contributed by atoms with Crippen molar-refractivity contribution in [2.24, 2.45) is 0 Å². The summed E-state index contributed by atoms with van der Waals surface area (Å²) in [6.07, 6.45) is 6.44. The highest BCUT2D eigenvalue weighted by Gasteiger charge is 2.16. The van der Waals surface area contributed by atoms with Gasteiger partial charge in [0.1, 0.15) is 11.8 Å². The highest BCUT2D eigenvalue weighted by molar-refractivity contribution is 5.77. The molecule has 2 N–H and O–H groups in total. The summed E-state index contributed by atoms with van der Waals surface area (Å²) in [5, 5.41) is 7.48. The van der Waals surface area contributed by atoms with Gasteiger partial charge in [0, 0.05) is 42.1 Å². The van der Waals surface area contributed by atoms with Gasteiger partial charge < -0.3 is 20.3 Å².